The summed E-state index contributed by atoms with van der Waals surface area (Å²) in [5.74, 6) is 0.923. The number of nitrogens with one attached hydrogen (secondary N) is 1. The fourth-order valence-corrected chi connectivity index (χ4v) is 4.36. The second kappa shape index (κ2) is 9.64. The molecule has 0 saturated carbocycles. The molecule has 1 unspecified atom stereocenters. The number of halogens is 2. The van der Waals surface area contributed by atoms with Crippen LogP contribution in [0.3, 0.4) is 0 Å². The van der Waals surface area contributed by atoms with Crippen molar-refractivity contribution in [1.29, 1.82) is 0 Å². The number of benzene rings is 1. The number of anilines is 2. The number of nitrogens with two attached hydrogens (primary N) is 1. The van der Waals surface area contributed by atoms with E-state index in [0.29, 0.717) is 34.7 Å². The van der Waals surface area contributed by atoms with E-state index >= 15 is 0 Å². The molecule has 9 heteroatoms. The summed E-state index contributed by atoms with van der Waals surface area (Å²) in [4.78, 5) is 8.73. The van der Waals surface area contributed by atoms with E-state index in [2.05, 4.69) is 49.1 Å². The Kier molecular flexibility index (Phi) is 7.95. The van der Waals surface area contributed by atoms with Crippen LogP contribution in [0.15, 0.2) is 29.4 Å². The summed E-state index contributed by atoms with van der Waals surface area (Å²) in [7, 11) is -1.81. The molecule has 0 spiro atoms. The Bertz CT molecular complexity index is 848. The topological polar surface area (TPSA) is 73.1 Å². The van der Waals surface area contributed by atoms with E-state index in [4.69, 9.17) is 21.8 Å². The third-order valence-electron chi connectivity index (χ3n) is 5.01. The van der Waals surface area contributed by atoms with E-state index in [9.17, 15) is 4.39 Å². The molecule has 2 rings (SSSR count). The normalized spacial score (nSPS) is 13.4. The second-order valence-corrected chi connectivity index (χ2v) is 14.7. The Morgan fingerprint density at radius 2 is 2.00 bits per heavy atom. The fourth-order valence-electron chi connectivity index (χ4n) is 2.23. The van der Waals surface area contributed by atoms with E-state index in [1.165, 1.54) is 17.8 Å². The highest BCUT2D eigenvalue weighted by Gasteiger charge is 2.37. The third-order valence-corrected chi connectivity index (χ3v) is 10.7. The number of hydrogen-bond donors (Lipinski definition) is 2. The molecule has 2 aromatic rings. The van der Waals surface area contributed by atoms with Gasteiger partial charge in [-0.15, -0.1) is 0 Å². The van der Waals surface area contributed by atoms with Crippen LogP contribution < -0.4 is 11.1 Å². The maximum Gasteiger partial charge on any atom is 0.192 e. The van der Waals surface area contributed by atoms with Crippen molar-refractivity contribution in [2.75, 3.05) is 17.7 Å². The lowest BCUT2D eigenvalue weighted by Gasteiger charge is -2.37. The molecule has 160 valence electrons. The highest BCUT2D eigenvalue weighted by atomic mass is 35.5. The zero-order valence-corrected chi connectivity index (χ0v) is 20.4. The van der Waals surface area contributed by atoms with Crippen molar-refractivity contribution in [1.82, 2.24) is 9.97 Å². The molecule has 1 aromatic carbocycles. The lowest BCUT2D eigenvalue weighted by atomic mass is 10.2. The van der Waals surface area contributed by atoms with E-state index in [0.717, 1.165) is 0 Å². The molecule has 0 amide bonds. The summed E-state index contributed by atoms with van der Waals surface area (Å²) in [5.41, 5.74) is 6.43. The summed E-state index contributed by atoms with van der Waals surface area (Å²) >= 11 is 7.15. The van der Waals surface area contributed by atoms with Gasteiger partial charge < -0.3 is 15.5 Å². The van der Waals surface area contributed by atoms with Gasteiger partial charge >= 0.3 is 0 Å². The molecule has 0 aliphatic heterocycles. The minimum absolute atomic E-state index is 0.0571. The van der Waals surface area contributed by atoms with Crippen LogP contribution in [0, 0.1) is 5.82 Å². The number of nitrogen functional groups attached to an aromatic ring is 1. The van der Waals surface area contributed by atoms with Crippen LogP contribution in [-0.2, 0) is 10.2 Å². The molecule has 0 fully saturated rings. The lowest BCUT2D eigenvalue weighted by molar-refractivity contribution is 0.276. The Morgan fingerprint density at radius 3 is 2.66 bits per heavy atom. The van der Waals surface area contributed by atoms with Gasteiger partial charge in [0, 0.05) is 17.9 Å². The minimum atomic E-state index is -1.81. The van der Waals surface area contributed by atoms with Crippen LogP contribution in [0.1, 0.15) is 33.3 Å². The molecule has 0 aliphatic rings. The predicted molar refractivity (Wildman–Crippen MR) is 124 cm³/mol. The maximum absolute atomic E-state index is 14.1. The van der Waals surface area contributed by atoms with Crippen molar-refractivity contribution in [3.63, 3.8) is 0 Å². The second-order valence-electron chi connectivity index (χ2n) is 8.58. The molecule has 1 heterocycles. The van der Waals surface area contributed by atoms with Crippen molar-refractivity contribution >= 4 is 43.3 Å². The zero-order chi connectivity index (χ0) is 21.8. The number of rotatable bonds is 8. The quantitative estimate of drug-likeness (QED) is 0.290. The van der Waals surface area contributed by atoms with Gasteiger partial charge in [0.2, 0.25) is 0 Å². The summed E-state index contributed by atoms with van der Waals surface area (Å²) in [6.45, 7) is 13.7. The maximum atomic E-state index is 14.1. The van der Waals surface area contributed by atoms with Crippen LogP contribution in [-0.4, -0.2) is 30.9 Å². The predicted octanol–water partition coefficient (Wildman–Crippen LogP) is 5.97. The van der Waals surface area contributed by atoms with Crippen LogP contribution in [0.2, 0.25) is 23.2 Å². The van der Waals surface area contributed by atoms with Crippen LogP contribution in [0.4, 0.5) is 16.0 Å². The van der Waals surface area contributed by atoms with E-state index in [1.807, 2.05) is 6.92 Å². The summed E-state index contributed by atoms with van der Waals surface area (Å²) in [6.07, 6.45) is 0. The molecule has 29 heavy (non-hydrogen) atoms. The van der Waals surface area contributed by atoms with Crippen molar-refractivity contribution in [2.24, 2.45) is 0 Å². The minimum Gasteiger partial charge on any atom is -0.415 e. The van der Waals surface area contributed by atoms with Crippen molar-refractivity contribution in [3.05, 3.63) is 40.7 Å². The van der Waals surface area contributed by atoms with Gasteiger partial charge in [-0.1, -0.05) is 56.3 Å². The van der Waals surface area contributed by atoms with Crippen molar-refractivity contribution in [3.8, 4) is 0 Å². The van der Waals surface area contributed by atoms with Gasteiger partial charge in [0.15, 0.2) is 13.5 Å². The van der Waals surface area contributed by atoms with Gasteiger partial charge in [0.05, 0.1) is 11.6 Å². The molecule has 1 atom stereocenters. The Hall–Kier alpha value is -1.35. The van der Waals surface area contributed by atoms with Gasteiger partial charge in [-0.25, -0.2) is 14.4 Å². The summed E-state index contributed by atoms with van der Waals surface area (Å²) in [6, 6.07) is 6.68. The summed E-state index contributed by atoms with van der Waals surface area (Å²) < 4.78 is 20.3. The van der Waals surface area contributed by atoms with Crippen LogP contribution >= 0.6 is 23.4 Å². The molecule has 0 bridgehead atoms. The number of aromatic nitrogens is 2. The average Bonchev–Trinajstić information content (AvgIpc) is 2.60. The molecular formula is C20H30ClFN4OSSi. The van der Waals surface area contributed by atoms with Crippen molar-refractivity contribution < 1.29 is 8.82 Å². The molecular weight excluding hydrogens is 427 g/mol. The molecule has 0 saturated heterocycles. The first-order chi connectivity index (χ1) is 13.4. The Morgan fingerprint density at radius 1 is 1.31 bits per heavy atom. The monoisotopic (exact) mass is 456 g/mol. The first-order valence-electron chi connectivity index (χ1n) is 9.50. The number of nitrogens with zero attached hydrogens (tertiary/aromatic N) is 2. The lowest BCUT2D eigenvalue weighted by Crippen LogP contribution is -2.43. The number of thioether (sulfide) groups is 1. The zero-order valence-electron chi connectivity index (χ0n) is 17.8. The van der Waals surface area contributed by atoms with E-state index in [1.54, 1.807) is 18.2 Å². The van der Waals surface area contributed by atoms with Gasteiger partial charge in [0.1, 0.15) is 17.5 Å². The average molecular weight is 457 g/mol. The fraction of sp³-hybridized carbons (Fsp3) is 0.500. The standard InChI is InChI=1S/C20H30ClFN4OSSi/c1-13(11-27-29(5,6)20(2,3)4)24-17-10-16(23)25-19(26-17)28-12-14-8-7-9-15(21)18(14)22/h7-10,13H,11-12H2,1-6H3,(H3,23,24,25,26). The van der Waals surface area contributed by atoms with E-state index < -0.39 is 14.1 Å². The Balaban J connectivity index is 2.00. The molecule has 0 radical (unpaired) electrons. The first kappa shape index (κ1) is 23.9. The molecule has 5 nitrogen and oxygen atoms in total. The van der Waals surface area contributed by atoms with Gasteiger partial charge in [0.25, 0.3) is 0 Å². The van der Waals surface area contributed by atoms with Crippen molar-refractivity contribution in [2.45, 2.75) is 62.8 Å². The van der Waals surface area contributed by atoms with E-state index in [-0.39, 0.29) is 16.1 Å². The highest BCUT2D eigenvalue weighted by Crippen LogP contribution is 2.36. The van der Waals surface area contributed by atoms with Crippen LogP contribution in [0.5, 0.6) is 0 Å². The van der Waals surface area contributed by atoms with Gasteiger partial charge in [-0.3, -0.25) is 0 Å². The molecule has 0 aliphatic carbocycles. The number of hydrogen-bond acceptors (Lipinski definition) is 6. The van der Waals surface area contributed by atoms with Gasteiger partial charge in [-0.2, -0.15) is 0 Å². The largest absolute Gasteiger partial charge is 0.415 e. The summed E-state index contributed by atoms with van der Waals surface area (Å²) in [5, 5.41) is 4.06. The highest BCUT2D eigenvalue weighted by molar-refractivity contribution is 7.98. The molecule has 3 N–H and O–H groups in total. The third kappa shape index (κ3) is 6.84. The first-order valence-corrected chi connectivity index (χ1v) is 13.8. The SMILES string of the molecule is CC(CO[Si](C)(C)C(C)(C)C)Nc1cc(N)nc(SCc2cccc(Cl)c2F)n1. The van der Waals surface area contributed by atoms with Gasteiger partial charge in [-0.05, 0) is 36.7 Å². The smallest absolute Gasteiger partial charge is 0.192 e. The Labute approximate surface area is 183 Å². The van der Waals surface area contributed by atoms with Crippen LogP contribution in [0.25, 0.3) is 0 Å². The molecule has 1 aromatic heterocycles.